The molecule has 2 heterocycles. The summed E-state index contributed by atoms with van der Waals surface area (Å²) in [6.07, 6.45) is 2.73. The summed E-state index contributed by atoms with van der Waals surface area (Å²) in [7, 11) is 0. The van der Waals surface area contributed by atoms with Gasteiger partial charge in [0.15, 0.2) is 6.23 Å². The minimum atomic E-state index is -0.579. The van der Waals surface area contributed by atoms with Gasteiger partial charge in [-0.2, -0.15) is 0 Å². The number of carbonyl (C=O) groups excluding carboxylic acids is 1. The standard InChI is InChI=1S/C17H19BrN4O2.2ClH/c18-14-5-3-13(4-6-14)16(24-15-2-1-7-20-12-15)21-17(23)22-10-8-19-9-11-22;;/h1-7,12,16,19H,8-11H2,(H,21,23);2*1H. The number of urea groups is 1. The highest BCUT2D eigenvalue weighted by Crippen LogP contribution is 2.21. The monoisotopic (exact) mass is 462 g/mol. The summed E-state index contributed by atoms with van der Waals surface area (Å²) >= 11 is 3.42. The average Bonchev–Trinajstić information content (AvgIpc) is 2.63. The maximum atomic E-state index is 12.5. The zero-order valence-electron chi connectivity index (χ0n) is 13.9. The summed E-state index contributed by atoms with van der Waals surface area (Å²) in [5.41, 5.74) is 0.866. The molecule has 1 fully saturated rings. The van der Waals surface area contributed by atoms with Gasteiger partial charge in [0, 0.05) is 42.4 Å². The summed E-state index contributed by atoms with van der Waals surface area (Å²) < 4.78 is 6.92. The van der Waals surface area contributed by atoms with Gasteiger partial charge in [0.25, 0.3) is 0 Å². The maximum Gasteiger partial charge on any atom is 0.320 e. The van der Waals surface area contributed by atoms with E-state index in [1.807, 2.05) is 30.3 Å². The third-order valence-corrected chi connectivity index (χ3v) is 4.25. The van der Waals surface area contributed by atoms with E-state index in [4.69, 9.17) is 4.74 Å². The Morgan fingerprint density at radius 2 is 1.88 bits per heavy atom. The normalized spacial score (nSPS) is 14.4. The van der Waals surface area contributed by atoms with Crippen LogP contribution in [0.2, 0.25) is 0 Å². The highest BCUT2D eigenvalue weighted by atomic mass is 79.9. The molecule has 0 aliphatic carbocycles. The second kappa shape index (κ2) is 11.2. The molecule has 3 rings (SSSR count). The molecule has 1 unspecified atom stereocenters. The molecule has 1 aromatic heterocycles. The zero-order valence-corrected chi connectivity index (χ0v) is 17.1. The number of carbonyl (C=O) groups is 1. The van der Waals surface area contributed by atoms with E-state index < -0.39 is 6.23 Å². The molecule has 2 aromatic rings. The minimum Gasteiger partial charge on any atom is -0.465 e. The Morgan fingerprint density at radius 1 is 1.19 bits per heavy atom. The van der Waals surface area contributed by atoms with E-state index in [1.165, 1.54) is 0 Å². The van der Waals surface area contributed by atoms with Crippen molar-refractivity contribution in [2.24, 2.45) is 0 Å². The molecule has 1 atom stereocenters. The smallest absolute Gasteiger partial charge is 0.320 e. The number of piperazine rings is 1. The lowest BCUT2D eigenvalue weighted by molar-refractivity contribution is 0.140. The quantitative estimate of drug-likeness (QED) is 0.682. The Morgan fingerprint density at radius 3 is 2.50 bits per heavy atom. The third kappa shape index (κ3) is 6.32. The second-order valence-electron chi connectivity index (χ2n) is 5.42. The molecule has 0 radical (unpaired) electrons. The Balaban J connectivity index is 0.00000169. The van der Waals surface area contributed by atoms with Crippen molar-refractivity contribution in [2.75, 3.05) is 26.2 Å². The van der Waals surface area contributed by atoms with E-state index in [0.29, 0.717) is 18.8 Å². The van der Waals surface area contributed by atoms with Crippen LogP contribution in [0.5, 0.6) is 5.75 Å². The summed E-state index contributed by atoms with van der Waals surface area (Å²) in [6.45, 7) is 2.98. The fourth-order valence-corrected chi connectivity index (χ4v) is 2.71. The Kier molecular flexibility index (Phi) is 9.72. The van der Waals surface area contributed by atoms with Crippen molar-refractivity contribution in [3.05, 3.63) is 58.8 Å². The molecule has 0 spiro atoms. The first kappa shape index (κ1) is 22.5. The fraction of sp³-hybridized carbons (Fsp3) is 0.294. The van der Waals surface area contributed by atoms with Crippen molar-refractivity contribution in [2.45, 2.75) is 6.23 Å². The van der Waals surface area contributed by atoms with Crippen molar-refractivity contribution in [3.8, 4) is 5.75 Å². The Hall–Kier alpha value is -1.54. The van der Waals surface area contributed by atoms with Gasteiger partial charge in [0.2, 0.25) is 0 Å². The van der Waals surface area contributed by atoms with Crippen molar-refractivity contribution in [1.82, 2.24) is 20.5 Å². The summed E-state index contributed by atoms with van der Waals surface area (Å²) in [5, 5.41) is 6.20. The molecule has 0 bridgehead atoms. The number of pyridine rings is 1. The van der Waals surface area contributed by atoms with Crippen LogP contribution in [0.1, 0.15) is 11.8 Å². The van der Waals surface area contributed by atoms with Crippen LogP contribution in [0, 0.1) is 0 Å². The van der Waals surface area contributed by atoms with Crippen LogP contribution in [0.3, 0.4) is 0 Å². The van der Waals surface area contributed by atoms with Crippen LogP contribution < -0.4 is 15.4 Å². The van der Waals surface area contributed by atoms with E-state index in [-0.39, 0.29) is 30.8 Å². The molecular formula is C17H21BrCl2N4O2. The van der Waals surface area contributed by atoms with Gasteiger partial charge >= 0.3 is 6.03 Å². The minimum absolute atomic E-state index is 0. The highest BCUT2D eigenvalue weighted by molar-refractivity contribution is 9.10. The van der Waals surface area contributed by atoms with E-state index in [2.05, 4.69) is 31.5 Å². The van der Waals surface area contributed by atoms with Crippen LogP contribution in [0.25, 0.3) is 0 Å². The Bertz CT molecular complexity index is 670. The number of aromatic nitrogens is 1. The molecule has 2 amide bonds. The fourth-order valence-electron chi connectivity index (χ4n) is 2.44. The molecule has 6 nitrogen and oxygen atoms in total. The first-order chi connectivity index (χ1) is 11.7. The first-order valence-electron chi connectivity index (χ1n) is 7.81. The number of nitrogens with one attached hydrogen (secondary N) is 2. The van der Waals surface area contributed by atoms with Gasteiger partial charge in [-0.3, -0.25) is 10.3 Å². The number of benzene rings is 1. The molecule has 0 saturated carbocycles. The van der Waals surface area contributed by atoms with Crippen molar-refractivity contribution >= 4 is 46.8 Å². The van der Waals surface area contributed by atoms with Crippen molar-refractivity contribution in [1.29, 1.82) is 0 Å². The lowest BCUT2D eigenvalue weighted by Crippen LogP contribution is -2.51. The number of rotatable bonds is 4. The van der Waals surface area contributed by atoms with Gasteiger partial charge in [0.1, 0.15) is 5.75 Å². The molecular weight excluding hydrogens is 443 g/mol. The lowest BCUT2D eigenvalue weighted by Gasteiger charge is -2.30. The topological polar surface area (TPSA) is 66.5 Å². The molecule has 142 valence electrons. The lowest BCUT2D eigenvalue weighted by atomic mass is 10.2. The van der Waals surface area contributed by atoms with Crippen LogP contribution in [-0.4, -0.2) is 42.1 Å². The number of hydrogen-bond donors (Lipinski definition) is 2. The van der Waals surface area contributed by atoms with E-state index in [9.17, 15) is 4.79 Å². The molecule has 26 heavy (non-hydrogen) atoms. The van der Waals surface area contributed by atoms with E-state index >= 15 is 0 Å². The molecule has 1 saturated heterocycles. The van der Waals surface area contributed by atoms with Crippen molar-refractivity contribution in [3.63, 3.8) is 0 Å². The van der Waals surface area contributed by atoms with Gasteiger partial charge < -0.3 is 15.0 Å². The van der Waals surface area contributed by atoms with E-state index in [0.717, 1.165) is 23.1 Å². The second-order valence-corrected chi connectivity index (χ2v) is 6.34. The average molecular weight is 464 g/mol. The highest BCUT2D eigenvalue weighted by Gasteiger charge is 2.22. The molecule has 1 aliphatic rings. The van der Waals surface area contributed by atoms with Gasteiger partial charge in [-0.15, -0.1) is 24.8 Å². The van der Waals surface area contributed by atoms with Crippen molar-refractivity contribution < 1.29 is 9.53 Å². The van der Waals surface area contributed by atoms with Crippen LogP contribution in [0.15, 0.2) is 53.3 Å². The number of hydrogen-bond acceptors (Lipinski definition) is 4. The van der Waals surface area contributed by atoms with Crippen LogP contribution >= 0.6 is 40.7 Å². The number of halogens is 3. The summed E-state index contributed by atoms with van der Waals surface area (Å²) in [5.74, 6) is 0.603. The number of nitrogens with zero attached hydrogens (tertiary/aromatic N) is 2. The van der Waals surface area contributed by atoms with Gasteiger partial charge in [-0.25, -0.2) is 4.79 Å². The van der Waals surface area contributed by atoms with E-state index in [1.54, 1.807) is 23.4 Å². The Labute approximate surface area is 173 Å². The molecule has 1 aliphatic heterocycles. The van der Waals surface area contributed by atoms with Gasteiger partial charge in [0.05, 0.1) is 6.20 Å². The predicted octanol–water partition coefficient (Wildman–Crippen LogP) is 3.38. The van der Waals surface area contributed by atoms with Crippen LogP contribution in [-0.2, 0) is 0 Å². The summed E-state index contributed by atoms with van der Waals surface area (Å²) in [4.78, 5) is 18.4. The summed E-state index contributed by atoms with van der Waals surface area (Å²) in [6, 6.07) is 11.2. The largest absolute Gasteiger partial charge is 0.465 e. The SMILES string of the molecule is Cl.Cl.O=C(NC(Oc1cccnc1)c1ccc(Br)cc1)N1CCNCC1. The van der Waals surface area contributed by atoms with Gasteiger partial charge in [-0.1, -0.05) is 28.1 Å². The first-order valence-corrected chi connectivity index (χ1v) is 8.60. The molecule has 9 heteroatoms. The molecule has 2 N–H and O–H groups in total. The van der Waals surface area contributed by atoms with Crippen LogP contribution in [0.4, 0.5) is 4.79 Å². The number of amides is 2. The number of ether oxygens (including phenoxy) is 1. The molecule has 1 aromatic carbocycles. The van der Waals surface area contributed by atoms with Gasteiger partial charge in [-0.05, 0) is 24.3 Å². The maximum absolute atomic E-state index is 12.5. The predicted molar refractivity (Wildman–Crippen MR) is 109 cm³/mol. The zero-order chi connectivity index (χ0) is 16.8. The third-order valence-electron chi connectivity index (χ3n) is 3.72.